The molecule has 0 heterocycles. The Morgan fingerprint density at radius 2 is 1.66 bits per heavy atom. The van der Waals surface area contributed by atoms with Gasteiger partial charge in [-0.3, -0.25) is 9.59 Å². The number of carboxylic acid groups (broad SMARTS) is 2. The molecule has 3 N–H and O–H groups in total. The molecule has 1 amide bonds. The molecular formula is C26H29Cl2NO6. The molecule has 3 rings (SSSR count). The lowest BCUT2D eigenvalue weighted by Gasteiger charge is -2.38. The Labute approximate surface area is 214 Å². The predicted molar refractivity (Wildman–Crippen MR) is 133 cm³/mol. The van der Waals surface area contributed by atoms with E-state index >= 15 is 0 Å². The number of carboxylic acids is 2. The maximum atomic E-state index is 13.0. The molecule has 3 atom stereocenters. The molecule has 1 aliphatic rings. The lowest BCUT2D eigenvalue weighted by molar-refractivity contribution is -0.155. The fraction of sp³-hybridized carbons (Fsp3) is 0.423. The van der Waals surface area contributed by atoms with E-state index in [1.807, 2.05) is 0 Å². The van der Waals surface area contributed by atoms with E-state index in [-0.39, 0.29) is 13.0 Å². The highest BCUT2D eigenvalue weighted by Gasteiger charge is 2.58. The van der Waals surface area contributed by atoms with Gasteiger partial charge in [-0.2, -0.15) is 0 Å². The molecule has 35 heavy (non-hydrogen) atoms. The number of halogens is 2. The van der Waals surface area contributed by atoms with Gasteiger partial charge < -0.3 is 20.3 Å². The van der Waals surface area contributed by atoms with Gasteiger partial charge in [-0.05, 0) is 55.0 Å². The minimum atomic E-state index is -1.16. The quantitative estimate of drug-likeness (QED) is 0.417. The summed E-state index contributed by atoms with van der Waals surface area (Å²) in [5.74, 6) is -2.60. The highest BCUT2D eigenvalue weighted by molar-refractivity contribution is 6.35. The monoisotopic (exact) mass is 521 g/mol. The number of hydrogen-bond donors (Lipinski definition) is 3. The third kappa shape index (κ3) is 5.57. The van der Waals surface area contributed by atoms with Crippen LogP contribution in [0.25, 0.3) is 0 Å². The standard InChI is InChI=1S/C26H29Cl2NO6/c1-25(2)18(11-12-26(25,3)24(33)34)22(30)29-21(23(31)32)13-15-7-9-16(10-8-15)35-14-17-19(27)5-4-6-20(17)28/h4-10,18,21H,11-14H2,1-3H3,(H,29,30)(H,31,32)(H,33,34)/t18-,21-,26+/m1/s1. The third-order valence-electron chi connectivity index (χ3n) is 7.44. The summed E-state index contributed by atoms with van der Waals surface area (Å²) in [6, 6.07) is 10.9. The van der Waals surface area contributed by atoms with Crippen molar-refractivity contribution in [1.29, 1.82) is 0 Å². The minimum absolute atomic E-state index is 0.0705. The summed E-state index contributed by atoms with van der Waals surface area (Å²) in [5.41, 5.74) is -0.517. The number of carbonyl (C=O) groups is 3. The van der Waals surface area contributed by atoms with Gasteiger partial charge in [0.15, 0.2) is 0 Å². The number of amides is 1. The zero-order valence-electron chi connectivity index (χ0n) is 19.8. The molecule has 0 saturated heterocycles. The van der Waals surface area contributed by atoms with Crippen molar-refractivity contribution < 1.29 is 29.3 Å². The van der Waals surface area contributed by atoms with Crippen LogP contribution in [-0.2, 0) is 27.4 Å². The third-order valence-corrected chi connectivity index (χ3v) is 8.15. The van der Waals surface area contributed by atoms with Gasteiger partial charge in [0, 0.05) is 27.9 Å². The van der Waals surface area contributed by atoms with Gasteiger partial charge in [0.05, 0.1) is 5.41 Å². The van der Waals surface area contributed by atoms with Crippen molar-refractivity contribution in [3.8, 4) is 5.75 Å². The number of ether oxygens (including phenoxy) is 1. The summed E-state index contributed by atoms with van der Waals surface area (Å²) < 4.78 is 5.75. The Bertz CT molecular complexity index is 1100. The SMILES string of the molecule is CC1(C)[C@@H](C(=O)N[C@H](Cc2ccc(OCc3c(Cl)cccc3Cl)cc2)C(=O)O)CC[C@@]1(C)C(=O)O. The van der Waals surface area contributed by atoms with Crippen LogP contribution in [0.4, 0.5) is 0 Å². The van der Waals surface area contributed by atoms with Crippen molar-refractivity contribution in [2.24, 2.45) is 16.7 Å². The lowest BCUT2D eigenvalue weighted by atomic mass is 9.65. The summed E-state index contributed by atoms with van der Waals surface area (Å²) in [6.45, 7) is 5.32. The van der Waals surface area contributed by atoms with Gasteiger partial charge in [-0.25, -0.2) is 4.79 Å². The Balaban J connectivity index is 1.64. The molecule has 1 aliphatic carbocycles. The van der Waals surface area contributed by atoms with Crippen molar-refractivity contribution in [1.82, 2.24) is 5.32 Å². The molecule has 2 aromatic rings. The van der Waals surface area contributed by atoms with Crippen molar-refractivity contribution >= 4 is 41.0 Å². The maximum absolute atomic E-state index is 13.0. The normalized spacial score (nSPS) is 21.8. The van der Waals surface area contributed by atoms with Crippen molar-refractivity contribution in [3.05, 3.63) is 63.6 Å². The molecule has 0 aromatic heterocycles. The molecule has 0 radical (unpaired) electrons. The van der Waals surface area contributed by atoms with Crippen LogP contribution in [0.15, 0.2) is 42.5 Å². The van der Waals surface area contributed by atoms with Gasteiger partial charge in [-0.15, -0.1) is 0 Å². The number of benzene rings is 2. The number of hydrogen-bond acceptors (Lipinski definition) is 4. The molecule has 1 fully saturated rings. The number of aliphatic carboxylic acids is 2. The molecule has 0 spiro atoms. The maximum Gasteiger partial charge on any atom is 0.326 e. The van der Waals surface area contributed by atoms with Crippen LogP contribution in [0.2, 0.25) is 10.0 Å². The molecule has 2 aromatic carbocycles. The van der Waals surface area contributed by atoms with E-state index < -0.39 is 40.6 Å². The highest BCUT2D eigenvalue weighted by Crippen LogP contribution is 2.56. The number of rotatable bonds is 9. The average Bonchev–Trinajstić information content (AvgIpc) is 3.03. The highest BCUT2D eigenvalue weighted by atomic mass is 35.5. The first-order valence-corrected chi connectivity index (χ1v) is 12.0. The number of carbonyl (C=O) groups excluding carboxylic acids is 1. The van der Waals surface area contributed by atoms with Crippen LogP contribution in [0, 0.1) is 16.7 Å². The van der Waals surface area contributed by atoms with Crippen LogP contribution in [0.1, 0.15) is 44.7 Å². The van der Waals surface area contributed by atoms with Crippen molar-refractivity contribution in [3.63, 3.8) is 0 Å². The van der Waals surface area contributed by atoms with Gasteiger partial charge in [-0.1, -0.05) is 55.2 Å². The smallest absolute Gasteiger partial charge is 0.326 e. The molecule has 0 unspecified atom stereocenters. The van der Waals surface area contributed by atoms with E-state index in [0.29, 0.717) is 39.8 Å². The Kier molecular flexibility index (Phi) is 8.02. The lowest BCUT2D eigenvalue weighted by Crippen LogP contribution is -2.49. The van der Waals surface area contributed by atoms with Crippen LogP contribution in [0.3, 0.4) is 0 Å². The van der Waals surface area contributed by atoms with Crippen LogP contribution in [-0.4, -0.2) is 34.1 Å². The van der Waals surface area contributed by atoms with E-state index in [2.05, 4.69) is 5.32 Å². The molecule has 0 aliphatic heterocycles. The van der Waals surface area contributed by atoms with E-state index in [1.165, 1.54) is 0 Å². The summed E-state index contributed by atoms with van der Waals surface area (Å²) in [6.07, 6.45) is 0.808. The van der Waals surface area contributed by atoms with Crippen LogP contribution in [0.5, 0.6) is 5.75 Å². The molecule has 188 valence electrons. The van der Waals surface area contributed by atoms with E-state index in [0.717, 1.165) is 0 Å². The van der Waals surface area contributed by atoms with Gasteiger partial charge in [0.25, 0.3) is 0 Å². The summed E-state index contributed by atoms with van der Waals surface area (Å²) in [5, 5.41) is 23.0. The van der Waals surface area contributed by atoms with Crippen LogP contribution < -0.4 is 10.1 Å². The van der Waals surface area contributed by atoms with Crippen molar-refractivity contribution in [2.75, 3.05) is 0 Å². The first-order chi connectivity index (χ1) is 16.4. The first kappa shape index (κ1) is 26.8. The summed E-state index contributed by atoms with van der Waals surface area (Å²) in [7, 11) is 0. The van der Waals surface area contributed by atoms with Gasteiger partial charge in [0.2, 0.25) is 5.91 Å². The topological polar surface area (TPSA) is 113 Å². The van der Waals surface area contributed by atoms with E-state index in [1.54, 1.807) is 63.2 Å². The second-order valence-corrected chi connectivity index (χ2v) is 10.5. The zero-order valence-corrected chi connectivity index (χ0v) is 21.3. The molecular weight excluding hydrogens is 493 g/mol. The predicted octanol–water partition coefficient (Wildman–Crippen LogP) is 5.21. The van der Waals surface area contributed by atoms with Gasteiger partial charge >= 0.3 is 11.9 Å². The Hall–Kier alpha value is -2.77. The first-order valence-electron chi connectivity index (χ1n) is 11.3. The van der Waals surface area contributed by atoms with Crippen molar-refractivity contribution in [2.45, 2.75) is 52.7 Å². The zero-order chi connectivity index (χ0) is 26.0. The Morgan fingerprint density at radius 3 is 2.17 bits per heavy atom. The summed E-state index contributed by atoms with van der Waals surface area (Å²) >= 11 is 12.3. The van der Waals surface area contributed by atoms with E-state index in [4.69, 9.17) is 27.9 Å². The molecule has 7 nitrogen and oxygen atoms in total. The largest absolute Gasteiger partial charge is 0.489 e. The molecule has 9 heteroatoms. The summed E-state index contributed by atoms with van der Waals surface area (Å²) in [4.78, 5) is 36.7. The molecule has 1 saturated carbocycles. The number of nitrogens with one attached hydrogen (secondary N) is 1. The van der Waals surface area contributed by atoms with Crippen LogP contribution >= 0.6 is 23.2 Å². The minimum Gasteiger partial charge on any atom is -0.489 e. The fourth-order valence-electron chi connectivity index (χ4n) is 4.60. The Morgan fingerprint density at radius 1 is 1.06 bits per heavy atom. The average molecular weight is 522 g/mol. The molecule has 0 bridgehead atoms. The van der Waals surface area contributed by atoms with E-state index in [9.17, 15) is 24.6 Å². The second kappa shape index (κ2) is 10.5. The fourth-order valence-corrected chi connectivity index (χ4v) is 5.10. The second-order valence-electron chi connectivity index (χ2n) is 9.69. The van der Waals surface area contributed by atoms with Gasteiger partial charge in [0.1, 0.15) is 18.4 Å².